The van der Waals surface area contributed by atoms with E-state index in [1.165, 1.54) is 35.9 Å². The van der Waals surface area contributed by atoms with Gasteiger partial charge < -0.3 is 4.74 Å². The molecule has 0 atom stereocenters. The minimum atomic E-state index is -0.469. The van der Waals surface area contributed by atoms with Crippen molar-refractivity contribution >= 4 is 44.5 Å². The van der Waals surface area contributed by atoms with Gasteiger partial charge in [0, 0.05) is 13.1 Å². The average Bonchev–Trinajstić information content (AvgIpc) is 2.64. The van der Waals surface area contributed by atoms with Gasteiger partial charge in [-0.1, -0.05) is 11.8 Å². The summed E-state index contributed by atoms with van der Waals surface area (Å²) in [7, 11) is 3.12. The number of ether oxygens (including phenoxy) is 1. The number of rotatable bonds is 2. The van der Waals surface area contributed by atoms with E-state index >= 15 is 0 Å². The lowest BCUT2D eigenvalue weighted by Gasteiger charge is -2.09. The van der Waals surface area contributed by atoms with Gasteiger partial charge in [0.2, 0.25) is 5.91 Å². The second-order valence-electron chi connectivity index (χ2n) is 3.57. The van der Waals surface area contributed by atoms with Crippen LogP contribution in [0, 0.1) is 5.82 Å². The molecule has 0 saturated carbocycles. The molecule has 7 heteroatoms. The van der Waals surface area contributed by atoms with Crippen molar-refractivity contribution < 1.29 is 13.9 Å². The van der Waals surface area contributed by atoms with Crippen LogP contribution in [0.3, 0.4) is 0 Å². The van der Waals surface area contributed by atoms with E-state index in [1.807, 2.05) is 0 Å². The van der Waals surface area contributed by atoms with Gasteiger partial charge in [-0.25, -0.2) is 9.38 Å². The van der Waals surface area contributed by atoms with Crippen molar-refractivity contribution in [2.45, 2.75) is 0 Å². The summed E-state index contributed by atoms with van der Waals surface area (Å²) in [5, 5.41) is 0.489. The molecular weight excluding hydrogens is 323 g/mol. The molecule has 1 aliphatic heterocycles. The van der Waals surface area contributed by atoms with Gasteiger partial charge >= 0.3 is 0 Å². The number of benzene rings is 1. The molecule has 2 rings (SSSR count). The molecule has 0 unspecified atom stereocenters. The number of nitrogens with zero attached hydrogens (tertiary/aromatic N) is 2. The Morgan fingerprint density at radius 3 is 2.83 bits per heavy atom. The van der Waals surface area contributed by atoms with Crippen LogP contribution in [0.4, 0.5) is 10.1 Å². The maximum atomic E-state index is 13.7. The standard InChI is InChI=1S/C11H10BrFN2O2S/c1-15-10(16)5-18-11(15)14-8-4-9(17-2)6(12)3-7(8)13/h3-4H,5H2,1-2H3. The topological polar surface area (TPSA) is 41.9 Å². The van der Waals surface area contributed by atoms with Crippen molar-refractivity contribution in [3.63, 3.8) is 0 Å². The predicted molar refractivity (Wildman–Crippen MR) is 73.0 cm³/mol. The average molecular weight is 333 g/mol. The molecule has 0 N–H and O–H groups in total. The van der Waals surface area contributed by atoms with Gasteiger partial charge in [0.25, 0.3) is 0 Å². The summed E-state index contributed by atoms with van der Waals surface area (Å²) in [6, 6.07) is 2.78. The van der Waals surface area contributed by atoms with E-state index in [9.17, 15) is 9.18 Å². The van der Waals surface area contributed by atoms with E-state index in [-0.39, 0.29) is 11.6 Å². The number of carbonyl (C=O) groups is 1. The molecule has 1 aromatic carbocycles. The fourth-order valence-electron chi connectivity index (χ4n) is 1.40. The molecular formula is C11H10BrFN2O2S. The molecule has 0 bridgehead atoms. The van der Waals surface area contributed by atoms with E-state index in [2.05, 4.69) is 20.9 Å². The molecule has 18 heavy (non-hydrogen) atoms. The number of methoxy groups -OCH3 is 1. The minimum Gasteiger partial charge on any atom is -0.495 e. The Labute approximate surface area is 116 Å². The van der Waals surface area contributed by atoms with Crippen molar-refractivity contribution in [2.75, 3.05) is 19.9 Å². The highest BCUT2D eigenvalue weighted by Crippen LogP contribution is 2.33. The Kier molecular flexibility index (Phi) is 3.91. The molecule has 0 radical (unpaired) electrons. The normalized spacial score (nSPS) is 17.7. The summed E-state index contributed by atoms with van der Waals surface area (Å²) in [5.74, 6) is 0.324. The Morgan fingerprint density at radius 1 is 1.56 bits per heavy atom. The van der Waals surface area contributed by atoms with E-state index in [1.54, 1.807) is 7.05 Å². The Morgan fingerprint density at radius 2 is 2.28 bits per heavy atom. The van der Waals surface area contributed by atoms with Crippen LogP contribution in [0.1, 0.15) is 0 Å². The van der Waals surface area contributed by atoms with Crippen molar-refractivity contribution in [3.05, 3.63) is 22.4 Å². The largest absolute Gasteiger partial charge is 0.495 e. The van der Waals surface area contributed by atoms with Gasteiger partial charge in [-0.15, -0.1) is 0 Å². The van der Waals surface area contributed by atoms with Crippen LogP contribution in [-0.4, -0.2) is 35.9 Å². The monoisotopic (exact) mass is 332 g/mol. The van der Waals surface area contributed by atoms with Gasteiger partial charge in [-0.2, -0.15) is 0 Å². The van der Waals surface area contributed by atoms with E-state index in [0.717, 1.165) is 0 Å². The summed E-state index contributed by atoms with van der Waals surface area (Å²) < 4.78 is 19.3. The van der Waals surface area contributed by atoms with Crippen LogP contribution in [-0.2, 0) is 4.79 Å². The Hall–Kier alpha value is -1.08. The number of thioether (sulfide) groups is 1. The SMILES string of the molecule is COc1cc(N=C2SCC(=O)N2C)c(F)cc1Br. The molecule has 1 saturated heterocycles. The molecule has 0 aromatic heterocycles. The van der Waals surface area contributed by atoms with E-state index in [4.69, 9.17) is 4.74 Å². The first-order chi connectivity index (χ1) is 8.52. The van der Waals surface area contributed by atoms with Crippen LogP contribution in [0.5, 0.6) is 5.75 Å². The first-order valence-corrected chi connectivity index (χ1v) is 6.82. The van der Waals surface area contributed by atoms with Crippen molar-refractivity contribution in [2.24, 2.45) is 4.99 Å². The number of aliphatic imine (C=N–C) groups is 1. The van der Waals surface area contributed by atoms with Crippen molar-refractivity contribution in [1.29, 1.82) is 0 Å². The van der Waals surface area contributed by atoms with E-state index < -0.39 is 5.82 Å². The van der Waals surface area contributed by atoms with Crippen molar-refractivity contribution in [1.82, 2.24) is 4.90 Å². The highest BCUT2D eigenvalue weighted by molar-refractivity contribution is 9.10. The number of hydrogen-bond donors (Lipinski definition) is 0. The van der Waals surface area contributed by atoms with Gasteiger partial charge in [-0.3, -0.25) is 9.69 Å². The van der Waals surface area contributed by atoms with Crippen LogP contribution in [0.15, 0.2) is 21.6 Å². The van der Waals surface area contributed by atoms with Gasteiger partial charge in [-0.05, 0) is 22.0 Å². The zero-order chi connectivity index (χ0) is 13.3. The van der Waals surface area contributed by atoms with Crippen molar-refractivity contribution in [3.8, 4) is 5.75 Å². The predicted octanol–water partition coefficient (Wildman–Crippen LogP) is 2.79. The number of hydrogen-bond acceptors (Lipinski definition) is 4. The molecule has 1 aromatic rings. The lowest BCUT2D eigenvalue weighted by Crippen LogP contribution is -2.24. The first kappa shape index (κ1) is 13.4. The van der Waals surface area contributed by atoms with Gasteiger partial charge in [0.05, 0.1) is 17.3 Å². The summed E-state index contributed by atoms with van der Waals surface area (Å²) in [5.41, 5.74) is 0.152. The zero-order valence-corrected chi connectivity index (χ0v) is 12.1. The third-order valence-corrected chi connectivity index (χ3v) is 4.06. The second-order valence-corrected chi connectivity index (χ2v) is 5.37. The van der Waals surface area contributed by atoms with Gasteiger partial charge in [0.15, 0.2) is 5.17 Å². The minimum absolute atomic E-state index is 0.0387. The lowest BCUT2D eigenvalue weighted by atomic mass is 10.3. The number of amides is 1. The molecule has 0 spiro atoms. The summed E-state index contributed by atoms with van der Waals surface area (Å²) in [6.45, 7) is 0. The number of carbonyl (C=O) groups excluding carboxylic acids is 1. The maximum Gasteiger partial charge on any atom is 0.238 e. The molecule has 1 aliphatic rings. The number of amidine groups is 1. The maximum absolute atomic E-state index is 13.7. The van der Waals surface area contributed by atoms with Crippen LogP contribution >= 0.6 is 27.7 Å². The second kappa shape index (κ2) is 5.27. The van der Waals surface area contributed by atoms with Crippen LogP contribution in [0.25, 0.3) is 0 Å². The summed E-state index contributed by atoms with van der Waals surface area (Å²) in [4.78, 5) is 16.9. The third kappa shape index (κ3) is 2.51. The fourth-order valence-corrected chi connectivity index (χ4v) is 2.78. The smallest absolute Gasteiger partial charge is 0.238 e. The van der Waals surface area contributed by atoms with E-state index in [0.29, 0.717) is 21.1 Å². The first-order valence-electron chi connectivity index (χ1n) is 5.04. The highest BCUT2D eigenvalue weighted by atomic mass is 79.9. The summed E-state index contributed by atoms with van der Waals surface area (Å²) in [6.07, 6.45) is 0. The Balaban J connectivity index is 2.40. The fraction of sp³-hybridized carbons (Fsp3) is 0.273. The quantitative estimate of drug-likeness (QED) is 0.836. The molecule has 0 aliphatic carbocycles. The zero-order valence-electron chi connectivity index (χ0n) is 9.74. The molecule has 96 valence electrons. The molecule has 1 amide bonds. The third-order valence-electron chi connectivity index (χ3n) is 2.42. The molecule has 1 fully saturated rings. The summed E-state index contributed by atoms with van der Waals surface area (Å²) >= 11 is 4.48. The highest BCUT2D eigenvalue weighted by Gasteiger charge is 2.24. The van der Waals surface area contributed by atoms with Crippen LogP contribution in [0.2, 0.25) is 0 Å². The Bertz CT molecular complexity index is 536. The molecule has 4 nitrogen and oxygen atoms in total. The van der Waals surface area contributed by atoms with Gasteiger partial charge in [0.1, 0.15) is 17.3 Å². The molecule has 1 heterocycles. The van der Waals surface area contributed by atoms with Crippen LogP contribution < -0.4 is 4.74 Å². The number of halogens is 2. The lowest BCUT2D eigenvalue weighted by molar-refractivity contribution is -0.123.